The minimum atomic E-state index is -0.722. The summed E-state index contributed by atoms with van der Waals surface area (Å²) in [6, 6.07) is 5.95. The molecule has 23 heavy (non-hydrogen) atoms. The standard InChI is InChI=1S/C17H21N3O3/c1-21-14-4-2-3-13-12(14)5-8-17(13,18)16-19-15(20-23-16)11-6-9-22-10-7-11/h2-4,11H,5-10,18H2,1H3. The molecule has 0 bridgehead atoms. The van der Waals surface area contributed by atoms with Gasteiger partial charge >= 0.3 is 0 Å². The molecular weight excluding hydrogens is 294 g/mol. The van der Waals surface area contributed by atoms with Crippen molar-refractivity contribution in [2.45, 2.75) is 37.1 Å². The number of hydrogen-bond donors (Lipinski definition) is 1. The van der Waals surface area contributed by atoms with Crippen molar-refractivity contribution in [3.8, 4) is 5.75 Å². The topological polar surface area (TPSA) is 83.4 Å². The molecule has 0 saturated carbocycles. The summed E-state index contributed by atoms with van der Waals surface area (Å²) in [6.45, 7) is 1.50. The van der Waals surface area contributed by atoms with Gasteiger partial charge in [0.2, 0.25) is 0 Å². The summed E-state index contributed by atoms with van der Waals surface area (Å²) in [7, 11) is 1.68. The van der Waals surface area contributed by atoms with Crippen LogP contribution in [0.3, 0.4) is 0 Å². The van der Waals surface area contributed by atoms with Gasteiger partial charge < -0.3 is 19.7 Å². The molecule has 2 aromatic rings. The number of nitrogens with two attached hydrogens (primary N) is 1. The van der Waals surface area contributed by atoms with Crippen molar-refractivity contribution < 1.29 is 14.0 Å². The number of ether oxygens (including phenoxy) is 2. The molecule has 1 unspecified atom stereocenters. The number of hydrogen-bond acceptors (Lipinski definition) is 6. The van der Waals surface area contributed by atoms with Crippen molar-refractivity contribution in [2.75, 3.05) is 20.3 Å². The van der Waals surface area contributed by atoms with E-state index in [0.29, 0.717) is 11.8 Å². The lowest BCUT2D eigenvalue weighted by Gasteiger charge is -2.21. The smallest absolute Gasteiger partial charge is 0.251 e. The maximum Gasteiger partial charge on any atom is 0.251 e. The van der Waals surface area contributed by atoms with Gasteiger partial charge in [-0.1, -0.05) is 17.3 Å². The molecule has 1 aliphatic carbocycles. The van der Waals surface area contributed by atoms with Crippen LogP contribution < -0.4 is 10.5 Å². The maximum absolute atomic E-state index is 6.68. The van der Waals surface area contributed by atoms with Gasteiger partial charge in [0.05, 0.1) is 7.11 Å². The first-order chi connectivity index (χ1) is 11.2. The van der Waals surface area contributed by atoms with Crippen LogP contribution in [-0.2, 0) is 16.7 Å². The fourth-order valence-corrected chi connectivity index (χ4v) is 3.65. The Morgan fingerprint density at radius 1 is 1.30 bits per heavy atom. The number of nitrogens with zero attached hydrogens (tertiary/aromatic N) is 2. The fourth-order valence-electron chi connectivity index (χ4n) is 3.65. The minimum absolute atomic E-state index is 0.302. The van der Waals surface area contributed by atoms with Gasteiger partial charge in [-0.25, -0.2) is 0 Å². The van der Waals surface area contributed by atoms with E-state index in [9.17, 15) is 0 Å². The van der Waals surface area contributed by atoms with Gasteiger partial charge in [-0.15, -0.1) is 0 Å². The molecule has 6 heteroatoms. The predicted molar refractivity (Wildman–Crippen MR) is 83.4 cm³/mol. The molecule has 1 aromatic heterocycles. The number of aromatic nitrogens is 2. The number of benzene rings is 1. The highest BCUT2D eigenvalue weighted by Crippen LogP contribution is 2.43. The zero-order valence-corrected chi connectivity index (χ0v) is 13.2. The lowest BCUT2D eigenvalue weighted by atomic mass is 9.92. The zero-order chi connectivity index (χ0) is 15.9. The minimum Gasteiger partial charge on any atom is -0.496 e. The molecule has 0 spiro atoms. The summed E-state index contributed by atoms with van der Waals surface area (Å²) >= 11 is 0. The summed E-state index contributed by atoms with van der Waals surface area (Å²) in [5.74, 6) is 2.44. The van der Waals surface area contributed by atoms with Crippen LogP contribution in [0, 0.1) is 0 Å². The molecule has 1 atom stereocenters. The Bertz CT molecular complexity index is 709. The summed E-state index contributed by atoms with van der Waals surface area (Å²) in [6.07, 6.45) is 3.46. The van der Waals surface area contributed by atoms with Crippen molar-refractivity contribution in [2.24, 2.45) is 5.73 Å². The third-order valence-electron chi connectivity index (χ3n) is 5.01. The lowest BCUT2D eigenvalue weighted by Crippen LogP contribution is -2.36. The van der Waals surface area contributed by atoms with E-state index in [1.54, 1.807) is 7.11 Å². The Labute approximate surface area is 135 Å². The highest BCUT2D eigenvalue weighted by atomic mass is 16.5. The Kier molecular flexibility index (Phi) is 3.58. The molecule has 1 aromatic carbocycles. The van der Waals surface area contributed by atoms with Crippen LogP contribution in [0.5, 0.6) is 5.75 Å². The normalized spacial score (nSPS) is 24.6. The van der Waals surface area contributed by atoms with Gasteiger partial charge in [-0.05, 0) is 42.9 Å². The molecule has 1 fully saturated rings. The third-order valence-corrected chi connectivity index (χ3v) is 5.01. The Hall–Kier alpha value is -1.92. The van der Waals surface area contributed by atoms with E-state index in [1.807, 2.05) is 18.2 Å². The molecule has 2 heterocycles. The molecule has 0 amide bonds. The van der Waals surface area contributed by atoms with Crippen LogP contribution in [0.1, 0.15) is 48.0 Å². The number of methoxy groups -OCH3 is 1. The number of fused-ring (bicyclic) bond motifs is 1. The van der Waals surface area contributed by atoms with Crippen molar-refractivity contribution >= 4 is 0 Å². The van der Waals surface area contributed by atoms with Crippen molar-refractivity contribution in [1.29, 1.82) is 0 Å². The van der Waals surface area contributed by atoms with Crippen LogP contribution >= 0.6 is 0 Å². The van der Waals surface area contributed by atoms with Gasteiger partial charge in [-0.3, -0.25) is 0 Å². The van der Waals surface area contributed by atoms with E-state index < -0.39 is 5.54 Å². The highest BCUT2D eigenvalue weighted by molar-refractivity contribution is 5.50. The average molecular weight is 315 g/mol. The van der Waals surface area contributed by atoms with E-state index in [4.69, 9.17) is 19.7 Å². The summed E-state index contributed by atoms with van der Waals surface area (Å²) < 4.78 is 16.4. The van der Waals surface area contributed by atoms with Crippen LogP contribution in [-0.4, -0.2) is 30.5 Å². The number of rotatable bonds is 3. The van der Waals surface area contributed by atoms with E-state index in [2.05, 4.69) is 10.1 Å². The quantitative estimate of drug-likeness (QED) is 0.934. The van der Waals surface area contributed by atoms with Gasteiger partial charge in [-0.2, -0.15) is 4.98 Å². The average Bonchev–Trinajstić information content (AvgIpc) is 3.22. The monoisotopic (exact) mass is 315 g/mol. The van der Waals surface area contributed by atoms with Gasteiger partial charge in [0.1, 0.15) is 11.3 Å². The van der Waals surface area contributed by atoms with Gasteiger partial charge in [0.25, 0.3) is 5.89 Å². The summed E-state index contributed by atoms with van der Waals surface area (Å²) in [5, 5.41) is 4.19. The van der Waals surface area contributed by atoms with Crippen LogP contribution in [0.25, 0.3) is 0 Å². The van der Waals surface area contributed by atoms with Crippen molar-refractivity contribution in [3.05, 3.63) is 41.0 Å². The van der Waals surface area contributed by atoms with Crippen LogP contribution in [0.2, 0.25) is 0 Å². The molecular formula is C17H21N3O3. The maximum atomic E-state index is 6.68. The van der Waals surface area contributed by atoms with Gasteiger partial charge in [0, 0.05) is 19.1 Å². The summed E-state index contributed by atoms with van der Waals surface area (Å²) in [4.78, 5) is 4.64. The SMILES string of the molecule is COc1cccc2c1CCC2(N)c1nc(C2CCOCC2)no1. The largest absolute Gasteiger partial charge is 0.496 e. The van der Waals surface area contributed by atoms with Crippen LogP contribution in [0.4, 0.5) is 0 Å². The molecule has 1 saturated heterocycles. The first-order valence-corrected chi connectivity index (χ1v) is 8.09. The summed E-state index contributed by atoms with van der Waals surface area (Å²) in [5.41, 5.74) is 8.13. The molecule has 0 radical (unpaired) electrons. The zero-order valence-electron chi connectivity index (χ0n) is 13.2. The predicted octanol–water partition coefficient (Wildman–Crippen LogP) is 2.12. The Balaban J connectivity index is 1.68. The first-order valence-electron chi connectivity index (χ1n) is 8.09. The van der Waals surface area contributed by atoms with E-state index in [1.165, 1.54) is 0 Å². The second kappa shape index (κ2) is 5.62. The third kappa shape index (κ3) is 2.33. The second-order valence-corrected chi connectivity index (χ2v) is 6.30. The fraction of sp³-hybridized carbons (Fsp3) is 0.529. The molecule has 4 rings (SSSR count). The molecule has 2 aliphatic rings. The lowest BCUT2D eigenvalue weighted by molar-refractivity contribution is 0.0830. The van der Waals surface area contributed by atoms with Crippen LogP contribution in [0.15, 0.2) is 22.7 Å². The van der Waals surface area contributed by atoms with E-state index >= 15 is 0 Å². The van der Waals surface area contributed by atoms with Crippen molar-refractivity contribution in [1.82, 2.24) is 10.1 Å². The molecule has 2 N–H and O–H groups in total. The molecule has 1 aliphatic heterocycles. The van der Waals surface area contributed by atoms with Crippen molar-refractivity contribution in [3.63, 3.8) is 0 Å². The Morgan fingerprint density at radius 2 is 2.13 bits per heavy atom. The second-order valence-electron chi connectivity index (χ2n) is 6.30. The van der Waals surface area contributed by atoms with Gasteiger partial charge in [0.15, 0.2) is 5.82 Å². The molecule has 122 valence electrons. The van der Waals surface area contributed by atoms with E-state index in [-0.39, 0.29) is 0 Å². The molecule has 6 nitrogen and oxygen atoms in total. The first kappa shape index (κ1) is 14.7. The van der Waals surface area contributed by atoms with E-state index in [0.717, 1.165) is 61.6 Å². The Morgan fingerprint density at radius 3 is 2.91 bits per heavy atom. The highest BCUT2D eigenvalue weighted by Gasteiger charge is 2.43.